The van der Waals surface area contributed by atoms with Gasteiger partial charge in [0.25, 0.3) is 5.91 Å². The second-order valence-corrected chi connectivity index (χ2v) is 5.91. The molecule has 140 valence electrons. The van der Waals surface area contributed by atoms with Gasteiger partial charge in [-0.15, -0.1) is 0 Å². The summed E-state index contributed by atoms with van der Waals surface area (Å²) in [4.78, 5) is 25.9. The molecule has 3 aromatic rings. The molecule has 2 amide bonds. The van der Waals surface area contributed by atoms with E-state index in [-0.39, 0.29) is 18.9 Å². The van der Waals surface area contributed by atoms with Gasteiger partial charge in [0, 0.05) is 18.7 Å². The predicted molar refractivity (Wildman–Crippen MR) is 96.3 cm³/mol. The van der Waals surface area contributed by atoms with Crippen molar-refractivity contribution in [1.82, 2.24) is 10.1 Å². The van der Waals surface area contributed by atoms with E-state index in [0.29, 0.717) is 22.9 Å². The van der Waals surface area contributed by atoms with Crippen LogP contribution in [0.4, 0.5) is 5.82 Å². The van der Waals surface area contributed by atoms with Gasteiger partial charge in [-0.3, -0.25) is 9.59 Å². The third-order valence-electron chi connectivity index (χ3n) is 3.70. The molecule has 0 radical (unpaired) electrons. The Morgan fingerprint density at radius 3 is 2.70 bits per heavy atom. The lowest BCUT2D eigenvalue weighted by Gasteiger charge is -2.15. The van der Waals surface area contributed by atoms with Gasteiger partial charge in [0.15, 0.2) is 11.6 Å². The molecule has 0 saturated heterocycles. The zero-order valence-corrected chi connectivity index (χ0v) is 15.0. The molecule has 0 aliphatic rings. The van der Waals surface area contributed by atoms with E-state index < -0.39 is 11.8 Å². The maximum absolute atomic E-state index is 12.6. The predicted octanol–water partition coefficient (Wildman–Crippen LogP) is 2.87. The van der Waals surface area contributed by atoms with Crippen molar-refractivity contribution in [3.05, 3.63) is 65.8 Å². The zero-order valence-electron chi connectivity index (χ0n) is 15.0. The minimum atomic E-state index is -0.418. The quantitative estimate of drug-likeness (QED) is 0.688. The van der Waals surface area contributed by atoms with Crippen LogP contribution in [-0.2, 0) is 11.4 Å². The highest BCUT2D eigenvalue weighted by atomic mass is 16.5. The van der Waals surface area contributed by atoms with Crippen LogP contribution in [-0.4, -0.2) is 35.5 Å². The second kappa shape index (κ2) is 8.22. The Kier molecular flexibility index (Phi) is 5.55. The highest BCUT2D eigenvalue weighted by molar-refractivity contribution is 5.98. The Hall–Kier alpha value is -3.55. The minimum Gasteiger partial charge on any atom is -0.489 e. The molecule has 0 saturated carbocycles. The van der Waals surface area contributed by atoms with E-state index in [1.807, 2.05) is 30.3 Å². The molecule has 2 heterocycles. The lowest BCUT2D eigenvalue weighted by Crippen LogP contribution is -2.35. The van der Waals surface area contributed by atoms with Gasteiger partial charge in [0.1, 0.15) is 24.7 Å². The fourth-order valence-electron chi connectivity index (χ4n) is 2.38. The molecule has 1 aromatic carbocycles. The van der Waals surface area contributed by atoms with Crippen LogP contribution < -0.4 is 10.1 Å². The van der Waals surface area contributed by atoms with Crippen molar-refractivity contribution >= 4 is 17.6 Å². The van der Waals surface area contributed by atoms with E-state index in [1.54, 1.807) is 19.1 Å². The Balaban J connectivity index is 1.58. The minimum absolute atomic E-state index is 0.138. The fraction of sp³-hybridized carbons (Fsp3) is 0.211. The number of furan rings is 1. The molecular formula is C19H19N3O5. The third kappa shape index (κ3) is 4.75. The summed E-state index contributed by atoms with van der Waals surface area (Å²) in [7, 11) is 1.51. The van der Waals surface area contributed by atoms with Crippen molar-refractivity contribution < 1.29 is 23.3 Å². The lowest BCUT2D eigenvalue weighted by molar-refractivity contribution is -0.116. The van der Waals surface area contributed by atoms with Crippen molar-refractivity contribution in [2.75, 3.05) is 18.9 Å². The van der Waals surface area contributed by atoms with E-state index in [9.17, 15) is 9.59 Å². The first kappa shape index (κ1) is 18.2. The number of amides is 2. The van der Waals surface area contributed by atoms with Crippen LogP contribution >= 0.6 is 0 Å². The molecule has 3 rings (SSSR count). The normalized spacial score (nSPS) is 10.4. The van der Waals surface area contributed by atoms with Crippen molar-refractivity contribution in [3.63, 3.8) is 0 Å². The summed E-state index contributed by atoms with van der Waals surface area (Å²) in [5.74, 6) is 0.888. The van der Waals surface area contributed by atoms with Gasteiger partial charge < -0.3 is 23.9 Å². The largest absolute Gasteiger partial charge is 0.489 e. The topological polar surface area (TPSA) is 97.8 Å². The number of hydrogen-bond donors (Lipinski definition) is 1. The number of ether oxygens (including phenoxy) is 1. The lowest BCUT2D eigenvalue weighted by atomic mass is 10.2. The van der Waals surface area contributed by atoms with Crippen LogP contribution in [0.2, 0.25) is 0 Å². The summed E-state index contributed by atoms with van der Waals surface area (Å²) in [5.41, 5.74) is 0.600. The molecular weight excluding hydrogens is 350 g/mol. The second-order valence-electron chi connectivity index (χ2n) is 5.91. The number of aromatic nitrogens is 1. The van der Waals surface area contributed by atoms with E-state index in [4.69, 9.17) is 13.7 Å². The molecule has 0 spiro atoms. The van der Waals surface area contributed by atoms with Crippen LogP contribution in [0, 0.1) is 6.92 Å². The average molecular weight is 369 g/mol. The number of anilines is 1. The molecule has 8 heteroatoms. The van der Waals surface area contributed by atoms with Crippen LogP contribution in [0.15, 0.2) is 57.7 Å². The van der Waals surface area contributed by atoms with Gasteiger partial charge in [-0.05, 0) is 25.1 Å². The number of carbonyl (C=O) groups is 2. The standard InChI is InChI=1S/C19H19N3O5/c1-13-10-16(21-27-13)20-17(23)11-22(2)19(24)18-14(8-9-25-18)12-26-15-6-4-3-5-7-15/h3-10H,11-12H2,1-2H3,(H,20,21,23). The highest BCUT2D eigenvalue weighted by Gasteiger charge is 2.22. The molecule has 1 N–H and O–H groups in total. The van der Waals surface area contributed by atoms with Gasteiger partial charge >= 0.3 is 0 Å². The number of rotatable bonds is 7. The van der Waals surface area contributed by atoms with Crippen LogP contribution in [0.5, 0.6) is 5.75 Å². The maximum atomic E-state index is 12.6. The van der Waals surface area contributed by atoms with Crippen LogP contribution in [0.1, 0.15) is 21.9 Å². The molecule has 8 nitrogen and oxygen atoms in total. The van der Waals surface area contributed by atoms with Crippen molar-refractivity contribution in [2.45, 2.75) is 13.5 Å². The van der Waals surface area contributed by atoms with Crippen molar-refractivity contribution in [1.29, 1.82) is 0 Å². The molecule has 2 aromatic heterocycles. The molecule has 0 bridgehead atoms. The molecule has 27 heavy (non-hydrogen) atoms. The number of likely N-dealkylation sites (N-methyl/N-ethyl adjacent to an activating group) is 1. The van der Waals surface area contributed by atoms with Gasteiger partial charge in [0.05, 0.1) is 6.26 Å². The van der Waals surface area contributed by atoms with E-state index in [2.05, 4.69) is 10.5 Å². The molecule has 0 aliphatic carbocycles. The Bertz CT molecular complexity index is 916. The monoisotopic (exact) mass is 369 g/mol. The average Bonchev–Trinajstić information content (AvgIpc) is 3.28. The van der Waals surface area contributed by atoms with Crippen LogP contribution in [0.3, 0.4) is 0 Å². The molecule has 0 fully saturated rings. The first-order chi connectivity index (χ1) is 13.0. The number of nitrogens with zero attached hydrogens (tertiary/aromatic N) is 2. The number of para-hydroxylation sites is 1. The summed E-state index contributed by atoms with van der Waals surface area (Å²) < 4.78 is 15.8. The molecule has 0 aliphatic heterocycles. The Labute approximate surface area is 155 Å². The van der Waals surface area contributed by atoms with E-state index >= 15 is 0 Å². The number of benzene rings is 1. The Morgan fingerprint density at radius 2 is 2.00 bits per heavy atom. The van der Waals surface area contributed by atoms with Crippen LogP contribution in [0.25, 0.3) is 0 Å². The number of aryl methyl sites for hydroxylation is 1. The molecule has 0 unspecified atom stereocenters. The van der Waals surface area contributed by atoms with Crippen molar-refractivity contribution in [2.24, 2.45) is 0 Å². The first-order valence-electron chi connectivity index (χ1n) is 8.26. The SMILES string of the molecule is Cc1cc(NC(=O)CN(C)C(=O)c2occc2COc2ccccc2)no1. The fourth-order valence-corrected chi connectivity index (χ4v) is 2.38. The number of carbonyl (C=O) groups excluding carboxylic acids is 2. The first-order valence-corrected chi connectivity index (χ1v) is 8.26. The summed E-state index contributed by atoms with van der Waals surface area (Å²) in [5, 5.41) is 6.24. The summed E-state index contributed by atoms with van der Waals surface area (Å²) in [6, 6.07) is 12.5. The smallest absolute Gasteiger partial charge is 0.290 e. The molecule has 0 atom stereocenters. The van der Waals surface area contributed by atoms with Crippen molar-refractivity contribution in [3.8, 4) is 5.75 Å². The van der Waals surface area contributed by atoms with E-state index in [0.717, 1.165) is 0 Å². The third-order valence-corrected chi connectivity index (χ3v) is 3.70. The Morgan fingerprint density at radius 1 is 1.22 bits per heavy atom. The highest BCUT2D eigenvalue weighted by Crippen LogP contribution is 2.17. The van der Waals surface area contributed by atoms with Gasteiger partial charge in [-0.2, -0.15) is 0 Å². The number of hydrogen-bond acceptors (Lipinski definition) is 6. The van der Waals surface area contributed by atoms with E-state index in [1.165, 1.54) is 18.2 Å². The van der Waals surface area contributed by atoms with Gasteiger partial charge in [-0.25, -0.2) is 0 Å². The summed E-state index contributed by atoms with van der Waals surface area (Å²) >= 11 is 0. The summed E-state index contributed by atoms with van der Waals surface area (Å²) in [6.45, 7) is 1.73. The number of nitrogens with one attached hydrogen (secondary N) is 1. The summed E-state index contributed by atoms with van der Waals surface area (Å²) in [6.07, 6.45) is 1.42. The zero-order chi connectivity index (χ0) is 19.2. The van der Waals surface area contributed by atoms with Gasteiger partial charge in [0.2, 0.25) is 5.91 Å². The maximum Gasteiger partial charge on any atom is 0.290 e. The van der Waals surface area contributed by atoms with Gasteiger partial charge in [-0.1, -0.05) is 23.4 Å².